The van der Waals surface area contributed by atoms with Gasteiger partial charge in [-0.25, -0.2) is 0 Å². The average molecular weight is 279 g/mol. The number of hydrogen-bond acceptors (Lipinski definition) is 4. The number of amides is 1. The predicted octanol–water partition coefficient (Wildman–Crippen LogP) is 0.833. The Balaban J connectivity index is 2.16. The summed E-state index contributed by atoms with van der Waals surface area (Å²) in [6.07, 6.45) is 0. The van der Waals surface area contributed by atoms with Gasteiger partial charge in [-0.2, -0.15) is 0 Å². The van der Waals surface area contributed by atoms with Crippen LogP contribution in [0.15, 0.2) is 18.2 Å². The lowest BCUT2D eigenvalue weighted by molar-refractivity contribution is -0.142. The summed E-state index contributed by atoms with van der Waals surface area (Å²) >= 11 is 0. The van der Waals surface area contributed by atoms with Crippen molar-refractivity contribution in [2.45, 2.75) is 13.0 Å². The molecule has 1 aromatic carbocycles. The molecule has 1 amide bonds. The fourth-order valence-corrected chi connectivity index (χ4v) is 2.19. The molecule has 0 radical (unpaired) electrons. The SMILES string of the molecule is COc1ccc(C)cc1C(=O)NC1COCC1C(=O)O. The topological polar surface area (TPSA) is 84.9 Å². The summed E-state index contributed by atoms with van der Waals surface area (Å²) in [7, 11) is 1.49. The maximum atomic E-state index is 12.3. The van der Waals surface area contributed by atoms with E-state index in [-0.39, 0.29) is 19.1 Å². The first kappa shape index (κ1) is 14.3. The number of carboxylic acid groups (broad SMARTS) is 1. The molecule has 1 saturated heterocycles. The second-order valence-corrected chi connectivity index (χ2v) is 4.77. The van der Waals surface area contributed by atoms with Gasteiger partial charge in [0.15, 0.2) is 0 Å². The lowest BCUT2D eigenvalue weighted by Gasteiger charge is -2.17. The summed E-state index contributed by atoms with van der Waals surface area (Å²) in [5.74, 6) is -1.58. The third-order valence-electron chi connectivity index (χ3n) is 3.31. The molecule has 1 aliphatic heterocycles. The van der Waals surface area contributed by atoms with Crippen molar-refractivity contribution in [2.75, 3.05) is 20.3 Å². The first-order valence-electron chi connectivity index (χ1n) is 6.29. The van der Waals surface area contributed by atoms with Crippen LogP contribution in [-0.4, -0.2) is 43.3 Å². The Morgan fingerprint density at radius 2 is 2.15 bits per heavy atom. The molecule has 6 heteroatoms. The monoisotopic (exact) mass is 279 g/mol. The van der Waals surface area contributed by atoms with E-state index in [1.54, 1.807) is 12.1 Å². The lowest BCUT2D eigenvalue weighted by Crippen LogP contribution is -2.42. The van der Waals surface area contributed by atoms with Gasteiger partial charge in [-0.3, -0.25) is 9.59 Å². The summed E-state index contributed by atoms with van der Waals surface area (Å²) in [5.41, 5.74) is 1.32. The van der Waals surface area contributed by atoms with Crippen molar-refractivity contribution < 1.29 is 24.2 Å². The highest BCUT2D eigenvalue weighted by Crippen LogP contribution is 2.21. The van der Waals surface area contributed by atoms with E-state index < -0.39 is 17.9 Å². The number of carboxylic acids is 1. The molecule has 2 rings (SSSR count). The first-order valence-corrected chi connectivity index (χ1v) is 6.29. The van der Waals surface area contributed by atoms with E-state index >= 15 is 0 Å². The predicted molar refractivity (Wildman–Crippen MR) is 70.9 cm³/mol. The minimum Gasteiger partial charge on any atom is -0.496 e. The minimum absolute atomic E-state index is 0.116. The molecule has 2 atom stereocenters. The normalized spacial score (nSPS) is 21.5. The third-order valence-corrected chi connectivity index (χ3v) is 3.31. The summed E-state index contributed by atoms with van der Waals surface area (Å²) in [4.78, 5) is 23.3. The molecule has 6 nitrogen and oxygen atoms in total. The van der Waals surface area contributed by atoms with Gasteiger partial charge >= 0.3 is 5.97 Å². The molecule has 0 aliphatic carbocycles. The molecule has 0 bridgehead atoms. The van der Waals surface area contributed by atoms with Crippen LogP contribution in [0.25, 0.3) is 0 Å². The van der Waals surface area contributed by atoms with E-state index in [4.69, 9.17) is 14.6 Å². The van der Waals surface area contributed by atoms with Gasteiger partial charge in [-0.05, 0) is 19.1 Å². The van der Waals surface area contributed by atoms with Gasteiger partial charge in [0.2, 0.25) is 0 Å². The van der Waals surface area contributed by atoms with Gasteiger partial charge in [0.25, 0.3) is 5.91 Å². The van der Waals surface area contributed by atoms with Crippen LogP contribution in [0.1, 0.15) is 15.9 Å². The number of benzene rings is 1. The van der Waals surface area contributed by atoms with Crippen LogP contribution in [0, 0.1) is 12.8 Å². The number of methoxy groups -OCH3 is 1. The molecule has 1 aliphatic rings. The standard InChI is InChI=1S/C14H17NO5/c1-8-3-4-12(19-2)9(5-8)13(16)15-11-7-20-6-10(11)14(17)18/h3-5,10-11H,6-7H2,1-2H3,(H,15,16)(H,17,18). The van der Waals surface area contributed by atoms with Gasteiger partial charge in [0, 0.05) is 0 Å². The van der Waals surface area contributed by atoms with Crippen LogP contribution < -0.4 is 10.1 Å². The molecule has 1 heterocycles. The van der Waals surface area contributed by atoms with E-state index in [0.29, 0.717) is 11.3 Å². The maximum absolute atomic E-state index is 12.3. The number of hydrogen-bond donors (Lipinski definition) is 2. The van der Waals surface area contributed by atoms with Gasteiger partial charge in [-0.1, -0.05) is 11.6 Å². The van der Waals surface area contributed by atoms with Gasteiger partial charge in [-0.15, -0.1) is 0 Å². The van der Waals surface area contributed by atoms with Gasteiger partial charge in [0.1, 0.15) is 11.7 Å². The second kappa shape index (κ2) is 5.92. The number of carbonyl (C=O) groups excluding carboxylic acids is 1. The molecule has 0 spiro atoms. The van der Waals surface area contributed by atoms with Crippen LogP contribution in [0.4, 0.5) is 0 Å². The fraction of sp³-hybridized carbons (Fsp3) is 0.429. The summed E-state index contributed by atoms with van der Waals surface area (Å²) in [6, 6.07) is 4.74. The largest absolute Gasteiger partial charge is 0.496 e. The van der Waals surface area contributed by atoms with Crippen molar-refractivity contribution in [3.05, 3.63) is 29.3 Å². The molecule has 1 aromatic rings. The molecule has 2 unspecified atom stereocenters. The third kappa shape index (κ3) is 2.91. The number of carbonyl (C=O) groups is 2. The zero-order valence-corrected chi connectivity index (χ0v) is 11.4. The number of nitrogens with one attached hydrogen (secondary N) is 1. The van der Waals surface area contributed by atoms with Crippen molar-refractivity contribution in [3.63, 3.8) is 0 Å². The zero-order valence-electron chi connectivity index (χ0n) is 11.4. The van der Waals surface area contributed by atoms with Crippen LogP contribution in [0.3, 0.4) is 0 Å². The van der Waals surface area contributed by atoms with Crippen molar-refractivity contribution >= 4 is 11.9 Å². The Morgan fingerprint density at radius 1 is 1.40 bits per heavy atom. The minimum atomic E-state index is -0.969. The zero-order chi connectivity index (χ0) is 14.7. The van der Waals surface area contributed by atoms with E-state index in [9.17, 15) is 9.59 Å². The Kier molecular flexibility index (Phi) is 4.24. The van der Waals surface area contributed by atoms with E-state index in [1.807, 2.05) is 13.0 Å². The Labute approximate surface area is 116 Å². The molecular weight excluding hydrogens is 262 g/mol. The van der Waals surface area contributed by atoms with Crippen LogP contribution in [0.2, 0.25) is 0 Å². The van der Waals surface area contributed by atoms with Gasteiger partial charge in [0.05, 0.1) is 31.9 Å². The average Bonchev–Trinajstić information content (AvgIpc) is 2.87. The summed E-state index contributed by atoms with van der Waals surface area (Å²) in [6.45, 7) is 2.19. The van der Waals surface area contributed by atoms with Crippen molar-refractivity contribution in [3.8, 4) is 5.75 Å². The van der Waals surface area contributed by atoms with E-state index in [2.05, 4.69) is 5.32 Å². The summed E-state index contributed by atoms with van der Waals surface area (Å²) in [5, 5.41) is 11.8. The lowest BCUT2D eigenvalue weighted by atomic mass is 10.0. The van der Waals surface area contributed by atoms with Gasteiger partial charge < -0.3 is 19.9 Å². The molecule has 20 heavy (non-hydrogen) atoms. The molecule has 0 saturated carbocycles. The highest BCUT2D eigenvalue weighted by Gasteiger charge is 2.35. The molecular formula is C14H17NO5. The molecule has 0 aromatic heterocycles. The van der Waals surface area contributed by atoms with E-state index in [0.717, 1.165) is 5.56 Å². The molecule has 108 valence electrons. The quantitative estimate of drug-likeness (QED) is 0.853. The van der Waals surface area contributed by atoms with Crippen molar-refractivity contribution in [1.82, 2.24) is 5.32 Å². The van der Waals surface area contributed by atoms with Crippen LogP contribution in [-0.2, 0) is 9.53 Å². The smallest absolute Gasteiger partial charge is 0.311 e. The number of aryl methyl sites for hydroxylation is 1. The Morgan fingerprint density at radius 3 is 2.80 bits per heavy atom. The van der Waals surface area contributed by atoms with E-state index in [1.165, 1.54) is 7.11 Å². The Hall–Kier alpha value is -2.08. The van der Waals surface area contributed by atoms with Crippen LogP contribution >= 0.6 is 0 Å². The molecule has 1 fully saturated rings. The Bertz CT molecular complexity index is 528. The fourth-order valence-electron chi connectivity index (χ4n) is 2.19. The second-order valence-electron chi connectivity index (χ2n) is 4.77. The van der Waals surface area contributed by atoms with Crippen LogP contribution in [0.5, 0.6) is 5.75 Å². The number of aliphatic carboxylic acids is 1. The van der Waals surface area contributed by atoms with Crippen molar-refractivity contribution in [1.29, 1.82) is 0 Å². The maximum Gasteiger partial charge on any atom is 0.311 e. The number of rotatable bonds is 4. The molecule has 2 N–H and O–H groups in total. The first-order chi connectivity index (χ1) is 9.52. The highest BCUT2D eigenvalue weighted by molar-refractivity contribution is 5.97. The number of ether oxygens (including phenoxy) is 2. The summed E-state index contributed by atoms with van der Waals surface area (Å²) < 4.78 is 10.3. The van der Waals surface area contributed by atoms with Crippen molar-refractivity contribution in [2.24, 2.45) is 5.92 Å². The highest BCUT2D eigenvalue weighted by atomic mass is 16.5.